The number of fused-ring (bicyclic) bond motifs is 9. The second-order valence-electron chi connectivity index (χ2n) is 15.2. The van der Waals surface area contributed by atoms with Crippen LogP contribution in [0.5, 0.6) is 0 Å². The fourth-order valence-electron chi connectivity index (χ4n) is 9.00. The van der Waals surface area contributed by atoms with E-state index in [1.165, 1.54) is 65.3 Å². The van der Waals surface area contributed by atoms with Gasteiger partial charge in [-0.2, -0.15) is 0 Å². The Bertz CT molecular complexity index is 3430. The van der Waals surface area contributed by atoms with Crippen molar-refractivity contribution in [1.29, 1.82) is 0 Å². The quantitative estimate of drug-likeness (QED) is 0.158. The first-order valence-corrected chi connectivity index (χ1v) is 21.0. The van der Waals surface area contributed by atoms with Gasteiger partial charge in [-0.3, -0.25) is 0 Å². The molecule has 0 aliphatic rings. The maximum atomic E-state index is 4.78. The molecule has 60 heavy (non-hydrogen) atoms. The molecule has 5 heteroatoms. The van der Waals surface area contributed by atoms with E-state index in [4.69, 9.17) is 4.98 Å². The molecule has 0 N–H and O–H groups in total. The van der Waals surface area contributed by atoms with Crippen molar-refractivity contribution in [2.24, 2.45) is 0 Å². The molecule has 12 rings (SSSR count). The zero-order valence-electron chi connectivity index (χ0n) is 32.3. The summed E-state index contributed by atoms with van der Waals surface area (Å²) in [4.78, 5) is 17.4. The van der Waals surface area contributed by atoms with Gasteiger partial charge in [0.25, 0.3) is 0 Å². The van der Waals surface area contributed by atoms with Crippen LogP contribution < -0.4 is 4.90 Å². The van der Waals surface area contributed by atoms with Gasteiger partial charge < -0.3 is 4.90 Å². The molecule has 0 fully saturated rings. The molecule has 0 radical (unpaired) electrons. The first-order chi connectivity index (χ1) is 29.7. The van der Waals surface area contributed by atoms with Crippen LogP contribution in [-0.4, -0.2) is 15.0 Å². The number of aromatic nitrogens is 3. The number of pyridine rings is 1. The number of benzene rings is 9. The lowest BCUT2D eigenvalue weighted by molar-refractivity contribution is 1.23. The minimum atomic E-state index is 0.917. The van der Waals surface area contributed by atoms with Crippen LogP contribution in [0.1, 0.15) is 0 Å². The van der Waals surface area contributed by atoms with Crippen molar-refractivity contribution in [3.05, 3.63) is 207 Å². The standard InChI is InChI=1S/C55H34N4S/c1-3-12-43-38(10-1)32-50(47-16-7-5-14-45(43)47)35-19-25-40(26-20-35)59(42-29-23-37(24-30-42)52-54-53(58-34-57-52)49-18-9-31-56-55(49)60-54)41-27-21-36(22-28-41)51-33-39-11-2-4-13-44(39)46-15-6-8-17-48(46)51/h1-34H. The van der Waals surface area contributed by atoms with Crippen LogP contribution in [0.4, 0.5) is 17.1 Å². The van der Waals surface area contributed by atoms with Gasteiger partial charge in [0.1, 0.15) is 11.2 Å². The second-order valence-corrected chi connectivity index (χ2v) is 16.2. The Morgan fingerprint density at radius 2 is 0.817 bits per heavy atom. The van der Waals surface area contributed by atoms with Gasteiger partial charge in [0.15, 0.2) is 0 Å². The van der Waals surface area contributed by atoms with Gasteiger partial charge >= 0.3 is 0 Å². The molecule has 0 unspecified atom stereocenters. The summed E-state index contributed by atoms with van der Waals surface area (Å²) in [6, 6.07) is 70.3. The summed E-state index contributed by atoms with van der Waals surface area (Å²) in [6.07, 6.45) is 3.50. The fourth-order valence-corrected chi connectivity index (χ4v) is 10.1. The minimum absolute atomic E-state index is 0.917. The number of nitrogens with zero attached hydrogens (tertiary/aromatic N) is 4. The van der Waals surface area contributed by atoms with Crippen LogP contribution in [0.25, 0.3) is 97.0 Å². The summed E-state index contributed by atoms with van der Waals surface area (Å²) >= 11 is 1.64. The molecule has 280 valence electrons. The molecule has 0 aliphatic carbocycles. The van der Waals surface area contributed by atoms with E-state index in [2.05, 4.69) is 203 Å². The number of hydrogen-bond acceptors (Lipinski definition) is 5. The largest absolute Gasteiger partial charge is 0.311 e. The Morgan fingerprint density at radius 1 is 0.367 bits per heavy atom. The molecule has 0 atom stereocenters. The molecule has 3 aromatic heterocycles. The SMILES string of the molecule is c1ccc2c(c1)cc(-c1ccc(N(c3ccc(-c4cc5ccccc5c5ccccc45)cc3)c3ccc(-c4ncnc5c4sc4ncccc45)cc3)cc1)c1ccccc12. The third-order valence-electron chi connectivity index (χ3n) is 11.8. The Kier molecular flexibility index (Phi) is 8.00. The highest BCUT2D eigenvalue weighted by Crippen LogP contribution is 2.42. The van der Waals surface area contributed by atoms with Crippen LogP contribution in [0.2, 0.25) is 0 Å². The Hall–Kier alpha value is -7.73. The van der Waals surface area contributed by atoms with Gasteiger partial charge in [0.05, 0.1) is 15.9 Å². The van der Waals surface area contributed by atoms with Crippen molar-refractivity contribution in [2.45, 2.75) is 0 Å². The minimum Gasteiger partial charge on any atom is -0.311 e. The number of thiophene rings is 1. The summed E-state index contributed by atoms with van der Waals surface area (Å²) in [6.45, 7) is 0. The summed E-state index contributed by atoms with van der Waals surface area (Å²) in [7, 11) is 0. The maximum absolute atomic E-state index is 4.78. The topological polar surface area (TPSA) is 41.9 Å². The van der Waals surface area contributed by atoms with E-state index < -0.39 is 0 Å². The predicted molar refractivity (Wildman–Crippen MR) is 254 cm³/mol. The van der Waals surface area contributed by atoms with E-state index in [-0.39, 0.29) is 0 Å². The Balaban J connectivity index is 0.975. The van der Waals surface area contributed by atoms with Gasteiger partial charge in [-0.15, -0.1) is 11.3 Å². The van der Waals surface area contributed by atoms with E-state index in [1.807, 2.05) is 12.3 Å². The fraction of sp³-hybridized carbons (Fsp3) is 0. The zero-order valence-corrected chi connectivity index (χ0v) is 33.1. The molecule has 0 amide bonds. The van der Waals surface area contributed by atoms with Crippen molar-refractivity contribution in [1.82, 2.24) is 15.0 Å². The summed E-state index contributed by atoms with van der Waals surface area (Å²) in [5.41, 5.74) is 10.9. The summed E-state index contributed by atoms with van der Waals surface area (Å²) < 4.78 is 1.05. The zero-order chi connectivity index (χ0) is 39.6. The van der Waals surface area contributed by atoms with Crippen molar-refractivity contribution in [3.8, 4) is 33.5 Å². The molecule has 0 aliphatic heterocycles. The van der Waals surface area contributed by atoms with Crippen LogP contribution >= 0.6 is 11.3 Å². The monoisotopic (exact) mass is 782 g/mol. The normalized spacial score (nSPS) is 11.7. The highest BCUT2D eigenvalue weighted by Gasteiger charge is 2.18. The van der Waals surface area contributed by atoms with Gasteiger partial charge in [-0.25, -0.2) is 15.0 Å². The number of hydrogen-bond donors (Lipinski definition) is 0. The van der Waals surface area contributed by atoms with Crippen molar-refractivity contribution in [2.75, 3.05) is 4.90 Å². The Morgan fingerprint density at radius 3 is 1.35 bits per heavy atom. The first kappa shape index (κ1) is 34.3. The Labute approximate surface area is 350 Å². The average molecular weight is 783 g/mol. The van der Waals surface area contributed by atoms with E-state index >= 15 is 0 Å². The molecule has 0 saturated carbocycles. The van der Waals surface area contributed by atoms with Crippen LogP contribution in [-0.2, 0) is 0 Å². The van der Waals surface area contributed by atoms with Gasteiger partial charge in [-0.05, 0) is 126 Å². The molecule has 0 saturated heterocycles. The van der Waals surface area contributed by atoms with E-state index in [0.29, 0.717) is 0 Å². The van der Waals surface area contributed by atoms with Crippen molar-refractivity contribution in [3.63, 3.8) is 0 Å². The lowest BCUT2D eigenvalue weighted by atomic mass is 9.93. The van der Waals surface area contributed by atoms with Crippen molar-refractivity contribution < 1.29 is 0 Å². The summed E-state index contributed by atoms with van der Waals surface area (Å²) in [5.74, 6) is 0. The molecule has 9 aromatic carbocycles. The maximum Gasteiger partial charge on any atom is 0.126 e. The number of rotatable bonds is 6. The first-order valence-electron chi connectivity index (χ1n) is 20.2. The van der Waals surface area contributed by atoms with E-state index in [1.54, 1.807) is 17.7 Å². The molecule has 3 heterocycles. The van der Waals surface area contributed by atoms with Gasteiger partial charge in [0.2, 0.25) is 0 Å². The lowest BCUT2D eigenvalue weighted by Crippen LogP contribution is -2.09. The predicted octanol–water partition coefficient (Wildman–Crippen LogP) is 15.3. The average Bonchev–Trinajstić information content (AvgIpc) is 3.71. The molecular weight excluding hydrogens is 749 g/mol. The third kappa shape index (κ3) is 5.63. The van der Waals surface area contributed by atoms with Crippen molar-refractivity contribution >= 4 is 91.9 Å². The molecule has 12 aromatic rings. The highest BCUT2D eigenvalue weighted by molar-refractivity contribution is 7.25. The van der Waals surface area contributed by atoms with Gasteiger partial charge in [0, 0.05) is 34.2 Å². The van der Waals surface area contributed by atoms with E-state index in [9.17, 15) is 0 Å². The number of anilines is 3. The van der Waals surface area contributed by atoms with Crippen LogP contribution in [0, 0.1) is 0 Å². The summed E-state index contributed by atoms with van der Waals surface area (Å²) in [5, 5.41) is 11.1. The highest BCUT2D eigenvalue weighted by atomic mass is 32.1. The van der Waals surface area contributed by atoms with E-state index in [0.717, 1.165) is 48.8 Å². The van der Waals surface area contributed by atoms with Gasteiger partial charge in [-0.1, -0.05) is 133 Å². The van der Waals surface area contributed by atoms with Crippen LogP contribution in [0.3, 0.4) is 0 Å². The molecular formula is C55H34N4S. The third-order valence-corrected chi connectivity index (χ3v) is 12.9. The smallest absolute Gasteiger partial charge is 0.126 e. The second kappa shape index (κ2) is 14.0. The lowest BCUT2D eigenvalue weighted by Gasteiger charge is -2.26. The molecule has 0 spiro atoms. The molecule has 0 bridgehead atoms. The molecule has 4 nitrogen and oxygen atoms in total. The van der Waals surface area contributed by atoms with Crippen LogP contribution in [0.15, 0.2) is 207 Å².